The highest BCUT2D eigenvalue weighted by Gasteiger charge is 2.31. The van der Waals surface area contributed by atoms with Crippen LogP contribution in [0.2, 0.25) is 0 Å². The number of thioether (sulfide) groups is 1. The summed E-state index contributed by atoms with van der Waals surface area (Å²) in [5.41, 5.74) is 0.914. The number of anilines is 1. The Morgan fingerprint density at radius 3 is 2.64 bits per heavy atom. The molecule has 2 amide bonds. The van der Waals surface area contributed by atoms with Crippen molar-refractivity contribution in [1.29, 1.82) is 0 Å². The Labute approximate surface area is 171 Å². The van der Waals surface area contributed by atoms with Crippen molar-refractivity contribution in [2.45, 2.75) is 12.8 Å². The molecular formula is C20H17FN2O3S2. The lowest BCUT2D eigenvalue weighted by Gasteiger charge is -2.14. The van der Waals surface area contributed by atoms with E-state index in [1.807, 2.05) is 0 Å². The number of hydrogen-bond acceptors (Lipinski definition) is 5. The molecular weight excluding hydrogens is 399 g/mol. The third kappa shape index (κ3) is 4.96. The molecule has 5 nitrogen and oxygen atoms in total. The van der Waals surface area contributed by atoms with Crippen LogP contribution in [-0.4, -0.2) is 32.7 Å². The number of carbonyl (C=O) groups is 2. The van der Waals surface area contributed by atoms with E-state index in [-0.39, 0.29) is 24.0 Å². The van der Waals surface area contributed by atoms with Gasteiger partial charge in [0.25, 0.3) is 5.91 Å². The van der Waals surface area contributed by atoms with Gasteiger partial charge in [-0.05, 0) is 42.8 Å². The molecule has 2 N–H and O–H groups in total. The summed E-state index contributed by atoms with van der Waals surface area (Å²) < 4.78 is 14.2. The molecule has 0 unspecified atom stereocenters. The molecule has 1 saturated heterocycles. The number of aromatic hydroxyl groups is 1. The fourth-order valence-corrected chi connectivity index (χ4v) is 3.89. The van der Waals surface area contributed by atoms with Crippen molar-refractivity contribution in [1.82, 2.24) is 4.90 Å². The fraction of sp³-hybridized carbons (Fsp3) is 0.150. The summed E-state index contributed by atoms with van der Waals surface area (Å²) in [6.45, 7) is 0.308. The molecule has 3 rings (SSSR count). The van der Waals surface area contributed by atoms with Crippen LogP contribution in [0.5, 0.6) is 5.75 Å². The van der Waals surface area contributed by atoms with Gasteiger partial charge >= 0.3 is 0 Å². The second kappa shape index (κ2) is 8.99. The zero-order valence-electron chi connectivity index (χ0n) is 14.7. The van der Waals surface area contributed by atoms with Crippen LogP contribution in [0.25, 0.3) is 6.08 Å². The highest BCUT2D eigenvalue weighted by molar-refractivity contribution is 8.26. The molecule has 0 aromatic heterocycles. The van der Waals surface area contributed by atoms with Gasteiger partial charge < -0.3 is 10.4 Å². The SMILES string of the molecule is O=C(CCCN1C(=O)/C(=C/c2ccccc2F)SC1=S)Nc1ccc(O)cc1. The molecule has 0 bridgehead atoms. The number of thiocarbonyl (C=S) groups is 1. The number of carbonyl (C=O) groups excluding carboxylic acids is 2. The summed E-state index contributed by atoms with van der Waals surface area (Å²) in [6.07, 6.45) is 2.14. The molecule has 28 heavy (non-hydrogen) atoms. The van der Waals surface area contributed by atoms with E-state index in [9.17, 15) is 19.1 Å². The van der Waals surface area contributed by atoms with Gasteiger partial charge in [-0.25, -0.2) is 4.39 Å². The molecule has 144 valence electrons. The van der Waals surface area contributed by atoms with Crippen molar-refractivity contribution in [3.8, 4) is 5.75 Å². The summed E-state index contributed by atoms with van der Waals surface area (Å²) in [6, 6.07) is 12.4. The molecule has 1 aliphatic heterocycles. The smallest absolute Gasteiger partial charge is 0.266 e. The maximum absolute atomic E-state index is 13.8. The minimum atomic E-state index is -0.404. The predicted octanol–water partition coefficient (Wildman–Crippen LogP) is 4.15. The third-order valence-corrected chi connectivity index (χ3v) is 5.38. The molecule has 0 spiro atoms. The summed E-state index contributed by atoms with van der Waals surface area (Å²) in [7, 11) is 0. The Hall–Kier alpha value is -2.71. The summed E-state index contributed by atoms with van der Waals surface area (Å²) in [4.78, 5) is 26.3. The maximum atomic E-state index is 13.8. The summed E-state index contributed by atoms with van der Waals surface area (Å²) in [5, 5.41) is 12.0. The monoisotopic (exact) mass is 416 g/mol. The average Bonchev–Trinajstić information content (AvgIpc) is 2.93. The lowest BCUT2D eigenvalue weighted by atomic mass is 10.2. The number of phenolic OH excluding ortho intramolecular Hbond substituents is 1. The van der Waals surface area contributed by atoms with Crippen LogP contribution in [0.3, 0.4) is 0 Å². The topological polar surface area (TPSA) is 69.6 Å². The van der Waals surface area contributed by atoms with Crippen LogP contribution >= 0.6 is 24.0 Å². The molecule has 0 atom stereocenters. The Morgan fingerprint density at radius 1 is 1.21 bits per heavy atom. The number of amides is 2. The van der Waals surface area contributed by atoms with Gasteiger partial charge in [-0.1, -0.05) is 42.2 Å². The number of rotatable bonds is 6. The molecule has 0 radical (unpaired) electrons. The van der Waals surface area contributed by atoms with Gasteiger partial charge in [0.2, 0.25) is 5.91 Å². The zero-order valence-corrected chi connectivity index (χ0v) is 16.4. The van der Waals surface area contributed by atoms with Crippen molar-refractivity contribution in [2.24, 2.45) is 0 Å². The molecule has 0 aliphatic carbocycles. The van der Waals surface area contributed by atoms with E-state index in [0.717, 1.165) is 11.8 Å². The largest absolute Gasteiger partial charge is 0.508 e. The molecule has 2 aromatic rings. The Bertz CT molecular complexity index is 945. The lowest BCUT2D eigenvalue weighted by molar-refractivity contribution is -0.122. The Balaban J connectivity index is 1.54. The van der Waals surface area contributed by atoms with Crippen molar-refractivity contribution in [2.75, 3.05) is 11.9 Å². The van der Waals surface area contributed by atoms with Gasteiger partial charge in [-0.2, -0.15) is 0 Å². The minimum Gasteiger partial charge on any atom is -0.508 e. The third-order valence-electron chi connectivity index (χ3n) is 4.00. The average molecular weight is 416 g/mol. The molecule has 1 aliphatic rings. The molecule has 8 heteroatoms. The Morgan fingerprint density at radius 2 is 1.93 bits per heavy atom. The summed E-state index contributed by atoms with van der Waals surface area (Å²) >= 11 is 6.38. The normalized spacial score (nSPS) is 15.3. The van der Waals surface area contributed by atoms with Gasteiger partial charge in [0, 0.05) is 24.2 Å². The maximum Gasteiger partial charge on any atom is 0.266 e. The van der Waals surface area contributed by atoms with Crippen LogP contribution < -0.4 is 5.32 Å². The standard InChI is InChI=1S/C20H17FN2O3S2/c21-16-5-2-1-4-13(16)12-17-19(26)23(20(27)28-17)11-3-6-18(25)22-14-7-9-15(24)10-8-14/h1-2,4-5,7-10,12,24H,3,6,11H2,(H,22,25)/b17-12-. The highest BCUT2D eigenvalue weighted by Crippen LogP contribution is 2.33. The van der Waals surface area contributed by atoms with Crippen molar-refractivity contribution in [3.05, 3.63) is 64.8 Å². The first-order valence-electron chi connectivity index (χ1n) is 8.53. The van der Waals surface area contributed by atoms with E-state index < -0.39 is 5.82 Å². The molecule has 2 aromatic carbocycles. The van der Waals surface area contributed by atoms with Crippen molar-refractivity contribution >= 4 is 51.9 Å². The molecule has 1 heterocycles. The number of benzene rings is 2. The van der Waals surface area contributed by atoms with Gasteiger partial charge in [-0.3, -0.25) is 14.5 Å². The number of nitrogens with one attached hydrogen (secondary N) is 1. The number of halogens is 1. The van der Waals surface area contributed by atoms with Crippen LogP contribution in [0.4, 0.5) is 10.1 Å². The first-order valence-corrected chi connectivity index (χ1v) is 9.75. The number of phenols is 1. The van der Waals surface area contributed by atoms with Gasteiger partial charge in [0.15, 0.2) is 0 Å². The quantitative estimate of drug-likeness (QED) is 0.421. The number of nitrogens with zero attached hydrogens (tertiary/aromatic N) is 1. The number of hydrogen-bond donors (Lipinski definition) is 2. The van der Waals surface area contributed by atoms with Crippen LogP contribution in [0.15, 0.2) is 53.4 Å². The first-order chi connectivity index (χ1) is 13.4. The van der Waals surface area contributed by atoms with E-state index in [1.54, 1.807) is 30.3 Å². The van der Waals surface area contributed by atoms with Crippen molar-refractivity contribution < 1.29 is 19.1 Å². The molecule has 0 saturated carbocycles. The van der Waals surface area contributed by atoms with Crippen LogP contribution in [0.1, 0.15) is 18.4 Å². The predicted molar refractivity (Wildman–Crippen MR) is 112 cm³/mol. The van der Waals surface area contributed by atoms with E-state index in [2.05, 4.69) is 5.32 Å². The summed E-state index contributed by atoms with van der Waals surface area (Å²) in [5.74, 6) is -0.760. The van der Waals surface area contributed by atoms with E-state index in [4.69, 9.17) is 12.2 Å². The van der Waals surface area contributed by atoms with Crippen LogP contribution in [0, 0.1) is 5.82 Å². The zero-order chi connectivity index (χ0) is 20.1. The van der Waals surface area contributed by atoms with Crippen LogP contribution in [-0.2, 0) is 9.59 Å². The van der Waals surface area contributed by atoms with E-state index in [1.165, 1.54) is 29.2 Å². The Kier molecular flexibility index (Phi) is 6.43. The first kappa shape index (κ1) is 20.0. The van der Waals surface area contributed by atoms with E-state index >= 15 is 0 Å². The fourth-order valence-electron chi connectivity index (χ4n) is 2.59. The van der Waals surface area contributed by atoms with Crippen molar-refractivity contribution in [3.63, 3.8) is 0 Å². The van der Waals surface area contributed by atoms with Gasteiger partial charge in [0.1, 0.15) is 15.9 Å². The molecule has 1 fully saturated rings. The highest BCUT2D eigenvalue weighted by atomic mass is 32.2. The van der Waals surface area contributed by atoms with Gasteiger partial charge in [-0.15, -0.1) is 0 Å². The van der Waals surface area contributed by atoms with Gasteiger partial charge in [0.05, 0.1) is 4.91 Å². The van der Waals surface area contributed by atoms with E-state index in [0.29, 0.717) is 33.4 Å². The second-order valence-electron chi connectivity index (χ2n) is 6.05. The second-order valence-corrected chi connectivity index (χ2v) is 7.73. The lowest BCUT2D eigenvalue weighted by Crippen LogP contribution is -2.29. The minimum absolute atomic E-state index is 0.121.